The number of rotatable bonds is 4. The lowest BCUT2D eigenvalue weighted by atomic mass is 10.2. The third-order valence-corrected chi connectivity index (χ3v) is 5.46. The molecule has 1 aromatic heterocycles. The average molecular weight is 292 g/mol. The first-order valence-electron chi connectivity index (χ1n) is 4.64. The summed E-state index contributed by atoms with van der Waals surface area (Å²) in [7, 11) is -3.00. The molecule has 0 amide bonds. The van der Waals surface area contributed by atoms with E-state index >= 15 is 0 Å². The summed E-state index contributed by atoms with van der Waals surface area (Å²) in [6.45, 7) is 1.71. The summed E-state index contributed by atoms with van der Waals surface area (Å²) in [5.74, 6) is 0. The van der Waals surface area contributed by atoms with Crippen LogP contribution in [0.15, 0.2) is 24.4 Å². The van der Waals surface area contributed by atoms with Gasteiger partial charge in [0.15, 0.2) is 9.84 Å². The summed E-state index contributed by atoms with van der Waals surface area (Å²) in [5.41, 5.74) is 0.898. The van der Waals surface area contributed by atoms with E-state index in [1.807, 2.05) is 18.2 Å². The number of hydrogen-bond acceptors (Lipinski definition) is 3. The Morgan fingerprint density at radius 3 is 2.60 bits per heavy atom. The van der Waals surface area contributed by atoms with Crippen LogP contribution in [0.25, 0.3) is 0 Å². The van der Waals surface area contributed by atoms with Crippen LogP contribution >= 0.6 is 15.9 Å². The van der Waals surface area contributed by atoms with Crippen molar-refractivity contribution in [2.75, 3.05) is 6.26 Å². The second-order valence-corrected chi connectivity index (χ2v) is 7.15. The topological polar surface area (TPSA) is 47.0 Å². The molecule has 0 bridgehead atoms. The Labute approximate surface area is 99.0 Å². The molecule has 2 atom stereocenters. The number of aromatic nitrogens is 1. The minimum atomic E-state index is -3.00. The molecule has 5 heteroatoms. The van der Waals surface area contributed by atoms with Gasteiger partial charge in [0.1, 0.15) is 0 Å². The van der Waals surface area contributed by atoms with Gasteiger partial charge in [0.25, 0.3) is 0 Å². The molecule has 84 valence electrons. The van der Waals surface area contributed by atoms with Gasteiger partial charge >= 0.3 is 0 Å². The van der Waals surface area contributed by atoms with Crippen molar-refractivity contribution in [3.8, 4) is 0 Å². The van der Waals surface area contributed by atoms with Gasteiger partial charge in [-0.05, 0) is 19.1 Å². The highest BCUT2D eigenvalue weighted by molar-refractivity contribution is 9.09. The van der Waals surface area contributed by atoms with Crippen molar-refractivity contribution in [1.29, 1.82) is 0 Å². The quantitative estimate of drug-likeness (QED) is 0.795. The molecule has 0 aliphatic carbocycles. The number of nitrogens with zero attached hydrogens (tertiary/aromatic N) is 1. The summed E-state index contributed by atoms with van der Waals surface area (Å²) >= 11 is 3.40. The Hall–Kier alpha value is -0.420. The fourth-order valence-corrected chi connectivity index (χ4v) is 3.29. The van der Waals surface area contributed by atoms with Gasteiger partial charge in [0, 0.05) is 29.4 Å². The number of pyridine rings is 1. The van der Waals surface area contributed by atoms with Crippen molar-refractivity contribution in [3.05, 3.63) is 30.1 Å². The van der Waals surface area contributed by atoms with E-state index in [-0.39, 0.29) is 4.83 Å². The molecule has 1 heterocycles. The molecule has 15 heavy (non-hydrogen) atoms. The zero-order valence-electron chi connectivity index (χ0n) is 8.72. The zero-order valence-corrected chi connectivity index (χ0v) is 11.1. The van der Waals surface area contributed by atoms with Crippen LogP contribution in [0.4, 0.5) is 0 Å². The first kappa shape index (κ1) is 12.6. The van der Waals surface area contributed by atoms with Crippen LogP contribution in [-0.4, -0.2) is 29.7 Å². The minimum absolute atomic E-state index is 0.0950. The Morgan fingerprint density at radius 1 is 1.47 bits per heavy atom. The smallest absolute Gasteiger partial charge is 0.151 e. The summed E-state index contributed by atoms with van der Waals surface area (Å²) in [4.78, 5) is 4.06. The van der Waals surface area contributed by atoms with Crippen LogP contribution in [0, 0.1) is 0 Å². The van der Waals surface area contributed by atoms with Gasteiger partial charge in [-0.3, -0.25) is 4.98 Å². The highest BCUT2D eigenvalue weighted by atomic mass is 79.9. The normalized spacial score (nSPS) is 15.9. The molecule has 0 fully saturated rings. The first-order valence-corrected chi connectivity index (χ1v) is 7.51. The molecule has 0 radical (unpaired) electrons. The Kier molecular flexibility index (Phi) is 4.28. The molecule has 0 saturated carbocycles. The molecule has 0 saturated heterocycles. The monoisotopic (exact) mass is 291 g/mol. The molecule has 0 aliphatic heterocycles. The summed E-state index contributed by atoms with van der Waals surface area (Å²) in [5, 5.41) is -0.403. The van der Waals surface area contributed by atoms with E-state index in [9.17, 15) is 8.42 Å². The van der Waals surface area contributed by atoms with E-state index in [2.05, 4.69) is 20.9 Å². The zero-order chi connectivity index (χ0) is 11.5. The summed E-state index contributed by atoms with van der Waals surface area (Å²) in [6, 6.07) is 5.63. The highest BCUT2D eigenvalue weighted by Crippen LogP contribution is 2.17. The predicted molar refractivity (Wildman–Crippen MR) is 65.0 cm³/mol. The lowest BCUT2D eigenvalue weighted by Gasteiger charge is -2.15. The van der Waals surface area contributed by atoms with E-state index in [1.165, 1.54) is 6.26 Å². The van der Waals surface area contributed by atoms with Gasteiger partial charge in [-0.25, -0.2) is 8.42 Å². The van der Waals surface area contributed by atoms with E-state index < -0.39 is 15.1 Å². The standard InChI is InChI=1S/C10H14BrNO2S/c1-8(15(2,13)14)10(11)7-9-5-3-4-6-12-9/h3-6,8,10H,7H2,1-2H3. The van der Waals surface area contributed by atoms with Gasteiger partial charge < -0.3 is 0 Å². The first-order chi connectivity index (χ1) is 6.91. The second-order valence-electron chi connectivity index (χ2n) is 3.58. The number of alkyl halides is 1. The van der Waals surface area contributed by atoms with Crippen LogP contribution in [-0.2, 0) is 16.3 Å². The van der Waals surface area contributed by atoms with Crippen molar-refractivity contribution < 1.29 is 8.42 Å². The van der Waals surface area contributed by atoms with Gasteiger partial charge in [0.05, 0.1) is 5.25 Å². The Bertz CT molecular complexity index is 405. The van der Waals surface area contributed by atoms with Crippen molar-refractivity contribution >= 4 is 25.8 Å². The van der Waals surface area contributed by atoms with Crippen LogP contribution in [0.2, 0.25) is 0 Å². The summed E-state index contributed by atoms with van der Waals surface area (Å²) in [6.07, 6.45) is 3.58. The molecular formula is C10H14BrNO2S. The van der Waals surface area contributed by atoms with Gasteiger partial charge in [-0.15, -0.1) is 0 Å². The fraction of sp³-hybridized carbons (Fsp3) is 0.500. The molecule has 0 N–H and O–H groups in total. The second kappa shape index (κ2) is 5.07. The van der Waals surface area contributed by atoms with Crippen molar-refractivity contribution in [2.24, 2.45) is 0 Å². The van der Waals surface area contributed by atoms with Crippen LogP contribution in [0.3, 0.4) is 0 Å². The average Bonchev–Trinajstić information content (AvgIpc) is 2.16. The van der Waals surface area contributed by atoms with Gasteiger partial charge in [-0.2, -0.15) is 0 Å². The molecule has 1 rings (SSSR count). The van der Waals surface area contributed by atoms with Crippen LogP contribution in [0.5, 0.6) is 0 Å². The van der Waals surface area contributed by atoms with Crippen LogP contribution in [0.1, 0.15) is 12.6 Å². The summed E-state index contributed by atoms with van der Waals surface area (Å²) < 4.78 is 22.6. The number of hydrogen-bond donors (Lipinski definition) is 0. The molecule has 2 unspecified atom stereocenters. The molecular weight excluding hydrogens is 278 g/mol. The third-order valence-electron chi connectivity index (χ3n) is 2.31. The fourth-order valence-electron chi connectivity index (χ4n) is 1.15. The Balaban J connectivity index is 2.68. The maximum Gasteiger partial charge on any atom is 0.151 e. The maximum absolute atomic E-state index is 11.3. The molecule has 0 spiro atoms. The largest absolute Gasteiger partial charge is 0.261 e. The van der Waals surface area contributed by atoms with E-state index in [1.54, 1.807) is 13.1 Å². The van der Waals surface area contributed by atoms with Gasteiger partial charge in [0.2, 0.25) is 0 Å². The molecule has 0 aliphatic rings. The van der Waals surface area contributed by atoms with Gasteiger partial charge in [-0.1, -0.05) is 22.0 Å². The van der Waals surface area contributed by atoms with E-state index in [0.717, 1.165) is 5.69 Å². The SMILES string of the molecule is CC(C(Br)Cc1ccccn1)S(C)(=O)=O. The number of sulfone groups is 1. The van der Waals surface area contributed by atoms with E-state index in [0.29, 0.717) is 6.42 Å². The highest BCUT2D eigenvalue weighted by Gasteiger charge is 2.23. The maximum atomic E-state index is 11.3. The predicted octanol–water partition coefficient (Wildman–Crippen LogP) is 1.82. The minimum Gasteiger partial charge on any atom is -0.261 e. The van der Waals surface area contributed by atoms with Crippen LogP contribution < -0.4 is 0 Å². The lowest BCUT2D eigenvalue weighted by molar-refractivity contribution is 0.586. The third kappa shape index (κ3) is 3.91. The molecule has 3 nitrogen and oxygen atoms in total. The van der Waals surface area contributed by atoms with E-state index in [4.69, 9.17) is 0 Å². The van der Waals surface area contributed by atoms with Crippen molar-refractivity contribution in [3.63, 3.8) is 0 Å². The number of halogens is 1. The van der Waals surface area contributed by atoms with Crippen molar-refractivity contribution in [2.45, 2.75) is 23.4 Å². The molecule has 1 aromatic rings. The lowest BCUT2D eigenvalue weighted by Crippen LogP contribution is -2.28. The van der Waals surface area contributed by atoms with Crippen molar-refractivity contribution in [1.82, 2.24) is 4.98 Å². The Morgan fingerprint density at radius 2 is 2.13 bits per heavy atom. The molecule has 0 aromatic carbocycles.